The average molecular weight is 284 g/mol. The Morgan fingerprint density at radius 1 is 1.29 bits per heavy atom. The summed E-state index contributed by atoms with van der Waals surface area (Å²) in [6, 6.07) is 9.34. The van der Waals surface area contributed by atoms with Crippen LogP contribution in [-0.4, -0.2) is 15.8 Å². The first-order valence-corrected chi connectivity index (χ1v) is 7.72. The minimum absolute atomic E-state index is 0.289. The lowest BCUT2D eigenvalue weighted by atomic mass is 9.96. The van der Waals surface area contributed by atoms with Gasteiger partial charge in [0.25, 0.3) is 0 Å². The zero-order chi connectivity index (χ0) is 15.1. The molecule has 0 radical (unpaired) electrons. The molecule has 2 heterocycles. The van der Waals surface area contributed by atoms with E-state index in [1.807, 2.05) is 6.92 Å². The molecule has 1 aliphatic heterocycles. The van der Waals surface area contributed by atoms with Crippen LogP contribution in [-0.2, 0) is 6.42 Å². The van der Waals surface area contributed by atoms with Gasteiger partial charge in [0.15, 0.2) is 5.82 Å². The van der Waals surface area contributed by atoms with E-state index in [0.29, 0.717) is 6.04 Å². The lowest BCUT2D eigenvalue weighted by molar-refractivity contribution is 0.512. The fraction of sp³-hybridized carbons (Fsp3) is 0.471. The number of aryl methyl sites for hydroxylation is 2. The predicted molar refractivity (Wildman–Crippen MR) is 88.1 cm³/mol. The van der Waals surface area contributed by atoms with E-state index in [1.54, 1.807) is 0 Å². The van der Waals surface area contributed by atoms with Crippen molar-refractivity contribution >= 4 is 17.2 Å². The van der Waals surface area contributed by atoms with Crippen molar-refractivity contribution in [1.29, 1.82) is 0 Å². The van der Waals surface area contributed by atoms with Gasteiger partial charge in [-0.3, -0.25) is 0 Å². The molecule has 1 unspecified atom stereocenters. The van der Waals surface area contributed by atoms with Crippen molar-refractivity contribution < 1.29 is 0 Å². The van der Waals surface area contributed by atoms with Crippen molar-refractivity contribution in [3.63, 3.8) is 0 Å². The van der Waals surface area contributed by atoms with Gasteiger partial charge in [-0.05, 0) is 52.2 Å². The Kier molecular flexibility index (Phi) is 3.40. The molecule has 4 nitrogen and oxygen atoms in total. The van der Waals surface area contributed by atoms with E-state index in [9.17, 15) is 0 Å². The van der Waals surface area contributed by atoms with Crippen molar-refractivity contribution in [1.82, 2.24) is 9.78 Å². The minimum atomic E-state index is 0.289. The lowest BCUT2D eigenvalue weighted by Crippen LogP contribution is -2.35. The van der Waals surface area contributed by atoms with Gasteiger partial charge in [0.05, 0.1) is 11.4 Å². The Bertz CT molecular complexity index is 657. The molecule has 4 heteroatoms. The average Bonchev–Trinajstić information content (AvgIpc) is 2.75. The quantitative estimate of drug-likeness (QED) is 0.911. The second-order valence-electron chi connectivity index (χ2n) is 6.25. The summed E-state index contributed by atoms with van der Waals surface area (Å²) in [4.78, 5) is 2.37. The fourth-order valence-electron chi connectivity index (χ4n) is 3.16. The molecule has 1 aliphatic rings. The molecule has 1 atom stereocenters. The van der Waals surface area contributed by atoms with Crippen LogP contribution in [0.3, 0.4) is 0 Å². The number of nitrogen functional groups attached to an aromatic ring is 1. The van der Waals surface area contributed by atoms with E-state index < -0.39 is 0 Å². The number of aromatic nitrogens is 2. The molecule has 21 heavy (non-hydrogen) atoms. The first kappa shape index (κ1) is 14.0. The largest absolute Gasteiger partial charge is 0.394 e. The number of fused-ring (bicyclic) bond motifs is 1. The van der Waals surface area contributed by atoms with Gasteiger partial charge in [0, 0.05) is 17.8 Å². The van der Waals surface area contributed by atoms with Gasteiger partial charge in [0.1, 0.15) is 0 Å². The third kappa shape index (κ3) is 2.19. The Balaban J connectivity index is 2.20. The summed E-state index contributed by atoms with van der Waals surface area (Å²) >= 11 is 0. The molecule has 0 fully saturated rings. The number of nitrogens with two attached hydrogens (primary N) is 1. The standard InChI is InChI=1S/C17H24N4/c1-11(2)21-17(16(18)13(4)19-21)20-12(3)9-10-14-7-5-6-8-15(14)20/h5-8,11-12H,9-10,18H2,1-4H3. The summed E-state index contributed by atoms with van der Waals surface area (Å²) in [5.41, 5.74) is 10.7. The highest BCUT2D eigenvalue weighted by Crippen LogP contribution is 2.41. The molecular weight excluding hydrogens is 260 g/mol. The topological polar surface area (TPSA) is 47.1 Å². The Morgan fingerprint density at radius 3 is 2.71 bits per heavy atom. The van der Waals surface area contributed by atoms with Crippen molar-refractivity contribution in [3.8, 4) is 0 Å². The van der Waals surface area contributed by atoms with Crippen LogP contribution in [0.15, 0.2) is 24.3 Å². The van der Waals surface area contributed by atoms with Crippen LogP contribution in [0.4, 0.5) is 17.2 Å². The lowest BCUT2D eigenvalue weighted by Gasteiger charge is -2.37. The number of hydrogen-bond donors (Lipinski definition) is 1. The molecule has 3 rings (SSSR count). The monoisotopic (exact) mass is 284 g/mol. The second kappa shape index (κ2) is 5.10. The molecule has 2 aromatic rings. The fourth-order valence-corrected chi connectivity index (χ4v) is 3.16. The molecule has 1 aromatic heterocycles. The first-order valence-electron chi connectivity index (χ1n) is 7.72. The number of nitrogens with zero attached hydrogens (tertiary/aromatic N) is 3. The van der Waals surface area contributed by atoms with Gasteiger partial charge in [-0.25, -0.2) is 4.68 Å². The highest BCUT2D eigenvalue weighted by molar-refractivity contribution is 5.76. The molecule has 2 N–H and O–H groups in total. The number of anilines is 3. The zero-order valence-electron chi connectivity index (χ0n) is 13.3. The molecule has 112 valence electrons. The highest BCUT2D eigenvalue weighted by atomic mass is 15.4. The number of benzene rings is 1. The predicted octanol–water partition coefficient (Wildman–Crippen LogP) is 3.83. The smallest absolute Gasteiger partial charge is 0.155 e. The number of rotatable bonds is 2. The van der Waals surface area contributed by atoms with Crippen molar-refractivity contribution in [2.24, 2.45) is 0 Å². The number of hydrogen-bond acceptors (Lipinski definition) is 3. The molecule has 0 saturated carbocycles. The molecule has 0 spiro atoms. The van der Waals surface area contributed by atoms with Crippen molar-refractivity contribution in [2.45, 2.75) is 52.6 Å². The van der Waals surface area contributed by atoms with E-state index in [0.717, 1.165) is 30.0 Å². The van der Waals surface area contributed by atoms with Crippen LogP contribution in [0, 0.1) is 6.92 Å². The van der Waals surface area contributed by atoms with Gasteiger partial charge >= 0.3 is 0 Å². The van der Waals surface area contributed by atoms with Crippen LogP contribution in [0.5, 0.6) is 0 Å². The van der Waals surface area contributed by atoms with Crippen LogP contribution in [0.2, 0.25) is 0 Å². The van der Waals surface area contributed by atoms with E-state index >= 15 is 0 Å². The van der Waals surface area contributed by atoms with Crippen LogP contribution in [0.1, 0.15) is 44.5 Å². The second-order valence-corrected chi connectivity index (χ2v) is 6.25. The van der Waals surface area contributed by atoms with Gasteiger partial charge in [0.2, 0.25) is 0 Å². The van der Waals surface area contributed by atoms with Crippen LogP contribution < -0.4 is 10.6 Å². The Morgan fingerprint density at radius 2 is 2.00 bits per heavy atom. The Labute approximate surface area is 126 Å². The highest BCUT2D eigenvalue weighted by Gasteiger charge is 2.29. The van der Waals surface area contributed by atoms with E-state index in [4.69, 9.17) is 5.73 Å². The summed E-state index contributed by atoms with van der Waals surface area (Å²) in [5.74, 6) is 1.04. The summed E-state index contributed by atoms with van der Waals surface area (Å²) in [7, 11) is 0. The van der Waals surface area contributed by atoms with Gasteiger partial charge in [-0.2, -0.15) is 5.10 Å². The molecule has 0 amide bonds. The zero-order valence-corrected chi connectivity index (χ0v) is 13.3. The third-order valence-corrected chi connectivity index (χ3v) is 4.35. The van der Waals surface area contributed by atoms with Crippen LogP contribution in [0.25, 0.3) is 0 Å². The maximum absolute atomic E-state index is 6.37. The number of para-hydroxylation sites is 1. The SMILES string of the molecule is Cc1nn(C(C)C)c(N2c3ccccc3CCC2C)c1N. The molecule has 0 saturated heterocycles. The van der Waals surface area contributed by atoms with E-state index in [1.165, 1.54) is 11.3 Å². The third-order valence-electron chi connectivity index (χ3n) is 4.35. The van der Waals surface area contributed by atoms with E-state index in [-0.39, 0.29) is 6.04 Å². The van der Waals surface area contributed by atoms with Crippen molar-refractivity contribution in [2.75, 3.05) is 10.6 Å². The van der Waals surface area contributed by atoms with Gasteiger partial charge < -0.3 is 10.6 Å². The summed E-state index contributed by atoms with van der Waals surface area (Å²) in [5, 5.41) is 4.64. The van der Waals surface area contributed by atoms with Gasteiger partial charge in [-0.15, -0.1) is 0 Å². The minimum Gasteiger partial charge on any atom is -0.394 e. The summed E-state index contributed by atoms with van der Waals surface area (Å²) < 4.78 is 2.06. The normalized spacial score (nSPS) is 18.1. The molecule has 0 bridgehead atoms. The van der Waals surface area contributed by atoms with Crippen molar-refractivity contribution in [3.05, 3.63) is 35.5 Å². The molecular formula is C17H24N4. The summed E-state index contributed by atoms with van der Waals surface area (Å²) in [6.07, 6.45) is 2.27. The molecule has 1 aromatic carbocycles. The maximum atomic E-state index is 6.37. The maximum Gasteiger partial charge on any atom is 0.155 e. The van der Waals surface area contributed by atoms with E-state index in [2.05, 4.69) is 59.7 Å². The first-order chi connectivity index (χ1) is 10.0. The van der Waals surface area contributed by atoms with Gasteiger partial charge in [-0.1, -0.05) is 18.2 Å². The Hall–Kier alpha value is -1.97. The van der Waals surface area contributed by atoms with Crippen LogP contribution >= 0.6 is 0 Å². The summed E-state index contributed by atoms with van der Waals surface area (Å²) in [6.45, 7) is 8.55. The molecule has 0 aliphatic carbocycles.